The molecule has 2 aromatic heterocycles. The molecule has 0 aliphatic heterocycles. The molecule has 0 unspecified atom stereocenters. The van der Waals surface area contributed by atoms with Gasteiger partial charge in [0.1, 0.15) is 0 Å². The summed E-state index contributed by atoms with van der Waals surface area (Å²) in [7, 11) is -3.54. The summed E-state index contributed by atoms with van der Waals surface area (Å²) in [5.41, 5.74) is 3.83. The predicted octanol–water partition coefficient (Wildman–Crippen LogP) is 4.40. The number of benzene rings is 2. The molecule has 0 N–H and O–H groups in total. The normalized spacial score (nSPS) is 12.4. The van der Waals surface area contributed by atoms with Crippen LogP contribution in [-0.4, -0.2) is 28.4 Å². The van der Waals surface area contributed by atoms with E-state index in [1.807, 2.05) is 43.3 Å². The Labute approximate surface area is 176 Å². The molecule has 0 saturated heterocycles. The summed E-state index contributed by atoms with van der Waals surface area (Å²) < 4.78 is 28.0. The third kappa shape index (κ3) is 3.85. The molecule has 4 aromatic rings. The third-order valence-corrected chi connectivity index (χ3v) is 6.74. The number of nitrogens with zero attached hydrogens (tertiary/aromatic N) is 4. The van der Waals surface area contributed by atoms with E-state index in [2.05, 4.69) is 36.1 Å². The molecule has 0 radical (unpaired) electrons. The van der Waals surface area contributed by atoms with E-state index in [0.29, 0.717) is 16.3 Å². The number of fused-ring (bicyclic) bond motifs is 1. The number of hydrogen-bond donors (Lipinski definition) is 0. The average molecular weight is 421 g/mol. The summed E-state index contributed by atoms with van der Waals surface area (Å²) in [4.78, 5) is 0.304. The maximum absolute atomic E-state index is 13.1. The van der Waals surface area contributed by atoms with E-state index in [1.54, 1.807) is 29.1 Å². The second-order valence-corrected chi connectivity index (χ2v) is 10.5. The molecular weight excluding hydrogens is 396 g/mol. The van der Waals surface area contributed by atoms with Gasteiger partial charge in [0.15, 0.2) is 9.84 Å². The molecule has 0 amide bonds. The molecule has 0 atom stereocenters. The second-order valence-electron chi connectivity index (χ2n) is 8.47. The minimum Gasteiger partial charge on any atom is -0.234 e. The Morgan fingerprint density at radius 2 is 1.70 bits per heavy atom. The third-order valence-electron chi connectivity index (χ3n) is 5.08. The van der Waals surface area contributed by atoms with Crippen LogP contribution in [0.4, 0.5) is 0 Å². The van der Waals surface area contributed by atoms with Crippen molar-refractivity contribution in [2.75, 3.05) is 0 Å². The lowest BCUT2D eigenvalue weighted by molar-refractivity contribution is 0.585. The zero-order chi connectivity index (χ0) is 21.5. The Bertz CT molecular complexity index is 1310. The lowest BCUT2D eigenvalue weighted by Gasteiger charge is -2.19. The maximum Gasteiger partial charge on any atom is 0.184 e. The molecule has 2 heterocycles. The summed E-state index contributed by atoms with van der Waals surface area (Å²) in [6, 6.07) is 16.6. The standard InChI is InChI=1S/C23H24N4O2S/c1-16-13-18(15-30(28,29)19-11-9-17(10-12-19)23(2,3)4)27(26-16)22-14-24-25-21-8-6-5-7-20(21)22/h5-14H,15H2,1-4H3. The van der Waals surface area contributed by atoms with Crippen molar-refractivity contribution in [1.82, 2.24) is 20.0 Å². The van der Waals surface area contributed by atoms with Crippen LogP contribution in [0.1, 0.15) is 37.7 Å². The molecule has 0 aliphatic carbocycles. The molecular formula is C23H24N4O2S. The monoisotopic (exact) mass is 420 g/mol. The highest BCUT2D eigenvalue weighted by Crippen LogP contribution is 2.26. The summed E-state index contributed by atoms with van der Waals surface area (Å²) in [6.07, 6.45) is 1.61. The molecule has 6 nitrogen and oxygen atoms in total. The zero-order valence-corrected chi connectivity index (χ0v) is 18.3. The summed E-state index contributed by atoms with van der Waals surface area (Å²) in [6.45, 7) is 8.16. The van der Waals surface area contributed by atoms with Crippen LogP contribution in [-0.2, 0) is 21.0 Å². The van der Waals surface area contributed by atoms with Crippen LogP contribution >= 0.6 is 0 Å². The van der Waals surface area contributed by atoms with Gasteiger partial charge in [-0.15, -0.1) is 0 Å². The lowest BCUT2D eigenvalue weighted by Crippen LogP contribution is -2.13. The zero-order valence-electron chi connectivity index (χ0n) is 17.5. The van der Waals surface area contributed by atoms with Crippen molar-refractivity contribution >= 4 is 20.7 Å². The number of sulfone groups is 1. The maximum atomic E-state index is 13.1. The lowest BCUT2D eigenvalue weighted by atomic mass is 9.87. The van der Waals surface area contributed by atoms with E-state index in [-0.39, 0.29) is 11.2 Å². The van der Waals surface area contributed by atoms with E-state index in [9.17, 15) is 8.42 Å². The molecule has 0 aliphatic rings. The van der Waals surface area contributed by atoms with Gasteiger partial charge >= 0.3 is 0 Å². The Kier molecular flexibility index (Phi) is 4.94. The highest BCUT2D eigenvalue weighted by atomic mass is 32.2. The van der Waals surface area contributed by atoms with Gasteiger partial charge in [0, 0.05) is 5.39 Å². The predicted molar refractivity (Wildman–Crippen MR) is 117 cm³/mol. The highest BCUT2D eigenvalue weighted by Gasteiger charge is 2.22. The molecule has 0 spiro atoms. The summed E-state index contributed by atoms with van der Waals surface area (Å²) in [5.74, 6) is -0.153. The number of aromatic nitrogens is 4. The molecule has 7 heteroatoms. The van der Waals surface area contributed by atoms with Gasteiger partial charge in [0.25, 0.3) is 0 Å². The number of rotatable bonds is 4. The van der Waals surface area contributed by atoms with Gasteiger partial charge in [-0.3, -0.25) is 0 Å². The molecule has 2 aromatic carbocycles. The van der Waals surface area contributed by atoms with Crippen molar-refractivity contribution in [2.24, 2.45) is 0 Å². The summed E-state index contributed by atoms with van der Waals surface area (Å²) >= 11 is 0. The minimum atomic E-state index is -3.54. The van der Waals surface area contributed by atoms with E-state index in [1.165, 1.54) is 0 Å². The van der Waals surface area contributed by atoms with Crippen molar-refractivity contribution in [3.63, 3.8) is 0 Å². The second kappa shape index (κ2) is 7.32. The number of hydrogen-bond acceptors (Lipinski definition) is 5. The van der Waals surface area contributed by atoms with Gasteiger partial charge < -0.3 is 0 Å². The van der Waals surface area contributed by atoms with Crippen LogP contribution in [0.5, 0.6) is 0 Å². The smallest absolute Gasteiger partial charge is 0.184 e. The van der Waals surface area contributed by atoms with E-state index < -0.39 is 9.84 Å². The van der Waals surface area contributed by atoms with E-state index in [0.717, 1.165) is 22.2 Å². The fraction of sp³-hybridized carbons (Fsp3) is 0.261. The first kappa shape index (κ1) is 20.2. The van der Waals surface area contributed by atoms with Crippen LogP contribution in [0.25, 0.3) is 16.6 Å². The SMILES string of the molecule is Cc1cc(CS(=O)(=O)c2ccc(C(C)(C)C)cc2)n(-c2cnnc3ccccc23)n1. The molecule has 30 heavy (non-hydrogen) atoms. The van der Waals surface area contributed by atoms with Gasteiger partial charge in [0.05, 0.1) is 39.4 Å². The topological polar surface area (TPSA) is 77.7 Å². The van der Waals surface area contributed by atoms with Crippen molar-refractivity contribution in [1.29, 1.82) is 0 Å². The van der Waals surface area contributed by atoms with Crippen LogP contribution < -0.4 is 0 Å². The average Bonchev–Trinajstić information content (AvgIpc) is 3.06. The van der Waals surface area contributed by atoms with Gasteiger partial charge in [-0.2, -0.15) is 15.3 Å². The van der Waals surface area contributed by atoms with Gasteiger partial charge in [0.2, 0.25) is 0 Å². The van der Waals surface area contributed by atoms with E-state index in [4.69, 9.17) is 0 Å². The number of aryl methyl sites for hydroxylation is 1. The Balaban J connectivity index is 1.74. The first-order valence-corrected chi connectivity index (χ1v) is 11.4. The van der Waals surface area contributed by atoms with Crippen molar-refractivity contribution in [2.45, 2.75) is 43.8 Å². The molecule has 0 saturated carbocycles. The van der Waals surface area contributed by atoms with Crippen molar-refractivity contribution in [3.8, 4) is 5.69 Å². The van der Waals surface area contributed by atoms with Crippen LogP contribution in [0.3, 0.4) is 0 Å². The van der Waals surface area contributed by atoms with Crippen LogP contribution in [0.15, 0.2) is 65.7 Å². The fourth-order valence-corrected chi connectivity index (χ4v) is 4.78. The first-order chi connectivity index (χ1) is 14.1. The first-order valence-electron chi connectivity index (χ1n) is 9.75. The Morgan fingerprint density at radius 3 is 2.40 bits per heavy atom. The van der Waals surface area contributed by atoms with E-state index >= 15 is 0 Å². The van der Waals surface area contributed by atoms with Crippen molar-refractivity contribution < 1.29 is 8.42 Å². The Hall–Kier alpha value is -3.06. The molecule has 0 fully saturated rings. The molecule has 154 valence electrons. The van der Waals surface area contributed by atoms with Gasteiger partial charge in [-0.25, -0.2) is 13.1 Å². The largest absolute Gasteiger partial charge is 0.234 e. The molecule has 4 rings (SSSR count). The van der Waals surface area contributed by atoms with Gasteiger partial charge in [-0.05, 0) is 42.2 Å². The quantitative estimate of drug-likeness (QED) is 0.489. The van der Waals surface area contributed by atoms with Crippen molar-refractivity contribution in [3.05, 3.63) is 77.7 Å². The van der Waals surface area contributed by atoms with Crippen LogP contribution in [0, 0.1) is 6.92 Å². The van der Waals surface area contributed by atoms with Crippen LogP contribution in [0.2, 0.25) is 0 Å². The summed E-state index contributed by atoms with van der Waals surface area (Å²) in [5, 5.41) is 13.6. The molecule has 0 bridgehead atoms. The van der Waals surface area contributed by atoms with Gasteiger partial charge in [-0.1, -0.05) is 51.1 Å². The highest BCUT2D eigenvalue weighted by molar-refractivity contribution is 7.90. The fourth-order valence-electron chi connectivity index (χ4n) is 3.47. The minimum absolute atomic E-state index is 0.0343. The Morgan fingerprint density at radius 1 is 1.00 bits per heavy atom.